The zero-order chi connectivity index (χ0) is 42.7. The predicted molar refractivity (Wildman–Crippen MR) is 236 cm³/mol. The molecule has 6 aromatic rings. The van der Waals surface area contributed by atoms with Gasteiger partial charge in [0.2, 0.25) is 17.9 Å². The van der Waals surface area contributed by atoms with Gasteiger partial charge in [0.1, 0.15) is 42.5 Å². The summed E-state index contributed by atoms with van der Waals surface area (Å²) in [4.78, 5) is 32.9. The third-order valence-electron chi connectivity index (χ3n) is 10.7. The number of fused-ring (bicyclic) bond motifs is 1. The first-order valence-corrected chi connectivity index (χ1v) is 21.7. The van der Waals surface area contributed by atoms with Gasteiger partial charge in [-0.25, -0.2) is 19.7 Å². The molecule has 1 atom stereocenters. The summed E-state index contributed by atoms with van der Waals surface area (Å²) in [6.45, 7) is 11.3. The van der Waals surface area contributed by atoms with E-state index in [1.807, 2.05) is 60.1 Å². The van der Waals surface area contributed by atoms with Gasteiger partial charge in [0, 0.05) is 87.3 Å². The van der Waals surface area contributed by atoms with Gasteiger partial charge >= 0.3 is 5.97 Å². The molecule has 1 unspecified atom stereocenters. The fraction of sp³-hybridized carbons (Fsp3) is 0.400. The number of unbranched alkanes of at least 4 members (excludes halogenated alkanes) is 1. The molecular weight excluding hydrogens is 818 g/mol. The maximum atomic E-state index is 13.0. The standard InChI is InChI=1S/C45H52ClN7O7S/c1-5-6-17-53-33(15-16-50-53)28-59-35-10-8-7-9-31(35)26-37(45(54)55)60-43-40-39(34-12-13-36(41(46)30(34)2)57-23-22-52-20-18-51(3)19-21-52)42(61-44(40)49-29-48-43)32-11-14-38(47-27-32)58-25-24-56-4/h7-16,27,29,37H,5-6,17-26,28H2,1-4H3,(H,54,55). The van der Waals surface area contributed by atoms with Crippen molar-refractivity contribution < 1.29 is 33.6 Å². The summed E-state index contributed by atoms with van der Waals surface area (Å²) in [7, 11) is 3.76. The van der Waals surface area contributed by atoms with Crippen LogP contribution in [0.1, 0.15) is 36.6 Å². The van der Waals surface area contributed by atoms with Crippen LogP contribution >= 0.6 is 22.9 Å². The van der Waals surface area contributed by atoms with Crippen molar-refractivity contribution in [3.8, 4) is 44.8 Å². The Morgan fingerprint density at radius 1 is 0.934 bits per heavy atom. The number of carboxylic acids is 1. The minimum absolute atomic E-state index is 0.0118. The number of methoxy groups -OCH3 is 1. The van der Waals surface area contributed by atoms with Crippen LogP contribution in [0.3, 0.4) is 0 Å². The zero-order valence-electron chi connectivity index (χ0n) is 35.0. The first-order chi connectivity index (χ1) is 29.7. The second-order valence-corrected chi connectivity index (χ2v) is 16.3. The topological polar surface area (TPSA) is 146 Å². The quantitative estimate of drug-likeness (QED) is 0.0707. The second kappa shape index (κ2) is 21.0. The van der Waals surface area contributed by atoms with Crippen molar-refractivity contribution in [3.63, 3.8) is 0 Å². The van der Waals surface area contributed by atoms with Gasteiger partial charge in [-0.15, -0.1) is 11.3 Å². The van der Waals surface area contributed by atoms with Crippen molar-refractivity contribution in [2.24, 2.45) is 0 Å². The molecule has 1 N–H and O–H groups in total. The van der Waals surface area contributed by atoms with E-state index in [0.29, 0.717) is 58.0 Å². The Balaban J connectivity index is 1.21. The number of rotatable bonds is 21. The molecule has 2 aromatic carbocycles. The van der Waals surface area contributed by atoms with Crippen LogP contribution in [0.15, 0.2) is 73.3 Å². The fourth-order valence-electron chi connectivity index (χ4n) is 7.16. The number of carbonyl (C=O) groups is 1. The number of pyridine rings is 1. The number of hydrogen-bond acceptors (Lipinski definition) is 13. The Kier molecular flexibility index (Phi) is 15.0. The molecular formula is C45H52ClN7O7S. The number of aromatic nitrogens is 5. The van der Waals surface area contributed by atoms with E-state index in [2.05, 4.69) is 43.8 Å². The molecule has 16 heteroatoms. The number of carboxylic acid groups (broad SMARTS) is 1. The van der Waals surface area contributed by atoms with E-state index in [9.17, 15) is 9.90 Å². The van der Waals surface area contributed by atoms with Crippen LogP contribution in [0, 0.1) is 6.92 Å². The Labute approximate surface area is 365 Å². The van der Waals surface area contributed by atoms with E-state index in [0.717, 1.165) is 84.9 Å². The van der Waals surface area contributed by atoms with E-state index in [1.165, 1.54) is 17.7 Å². The molecule has 0 bridgehead atoms. The summed E-state index contributed by atoms with van der Waals surface area (Å²) in [5.74, 6) is 0.582. The maximum absolute atomic E-state index is 13.0. The molecule has 0 aliphatic carbocycles. The smallest absolute Gasteiger partial charge is 0.345 e. The van der Waals surface area contributed by atoms with Crippen LogP contribution in [-0.4, -0.2) is 118 Å². The molecule has 0 saturated carbocycles. The van der Waals surface area contributed by atoms with E-state index in [4.69, 9.17) is 35.3 Å². The van der Waals surface area contributed by atoms with Crippen LogP contribution in [0.25, 0.3) is 31.8 Å². The number of ether oxygens (including phenoxy) is 5. The normalized spacial score (nSPS) is 14.0. The van der Waals surface area contributed by atoms with E-state index >= 15 is 0 Å². The van der Waals surface area contributed by atoms with Crippen molar-refractivity contribution in [1.29, 1.82) is 0 Å². The number of nitrogens with zero attached hydrogens (tertiary/aromatic N) is 7. The van der Waals surface area contributed by atoms with Crippen LogP contribution < -0.4 is 18.9 Å². The summed E-state index contributed by atoms with van der Waals surface area (Å²) in [6.07, 6.45) is 5.64. The number of aryl methyl sites for hydroxylation is 1. The molecule has 4 aromatic heterocycles. The monoisotopic (exact) mass is 869 g/mol. The summed E-state index contributed by atoms with van der Waals surface area (Å²) < 4.78 is 31.8. The molecule has 1 fully saturated rings. The first kappa shape index (κ1) is 43.8. The molecule has 322 valence electrons. The van der Waals surface area contributed by atoms with E-state index < -0.39 is 12.1 Å². The lowest BCUT2D eigenvalue weighted by Crippen LogP contribution is -2.45. The Bertz CT molecular complexity index is 2380. The number of aliphatic carboxylic acids is 1. The highest BCUT2D eigenvalue weighted by molar-refractivity contribution is 7.22. The van der Waals surface area contributed by atoms with Crippen molar-refractivity contribution in [1.82, 2.24) is 34.5 Å². The lowest BCUT2D eigenvalue weighted by Gasteiger charge is -2.32. The molecule has 61 heavy (non-hydrogen) atoms. The van der Waals surface area contributed by atoms with E-state index in [-0.39, 0.29) is 18.9 Å². The molecule has 1 aliphatic heterocycles. The Morgan fingerprint density at radius 3 is 2.54 bits per heavy atom. The van der Waals surface area contributed by atoms with Gasteiger partial charge < -0.3 is 33.7 Å². The minimum atomic E-state index is -1.32. The summed E-state index contributed by atoms with van der Waals surface area (Å²) in [5, 5.41) is 16.1. The van der Waals surface area contributed by atoms with Gasteiger partial charge in [-0.3, -0.25) is 9.58 Å². The minimum Gasteiger partial charge on any atom is -0.491 e. The number of thiophene rings is 1. The van der Waals surface area contributed by atoms with Crippen molar-refractivity contribution in [2.75, 3.05) is 66.7 Å². The third-order valence-corrected chi connectivity index (χ3v) is 12.3. The predicted octanol–water partition coefficient (Wildman–Crippen LogP) is 7.68. The summed E-state index contributed by atoms with van der Waals surface area (Å²) >= 11 is 8.53. The van der Waals surface area contributed by atoms with Crippen LogP contribution in [0.2, 0.25) is 5.02 Å². The lowest BCUT2D eigenvalue weighted by atomic mass is 9.96. The Morgan fingerprint density at radius 2 is 1.77 bits per heavy atom. The highest BCUT2D eigenvalue weighted by Gasteiger charge is 2.28. The van der Waals surface area contributed by atoms with Crippen LogP contribution in [0.5, 0.6) is 23.3 Å². The van der Waals surface area contributed by atoms with Crippen LogP contribution in [-0.2, 0) is 29.1 Å². The zero-order valence-corrected chi connectivity index (χ0v) is 36.6. The number of halogens is 1. The molecule has 7 rings (SSSR count). The molecule has 0 radical (unpaired) electrons. The van der Waals surface area contributed by atoms with Gasteiger partial charge in [0.25, 0.3) is 0 Å². The van der Waals surface area contributed by atoms with Gasteiger partial charge in [0.05, 0.1) is 22.7 Å². The maximum Gasteiger partial charge on any atom is 0.345 e. The van der Waals surface area contributed by atoms with Crippen LogP contribution in [0.4, 0.5) is 0 Å². The Hall–Kier alpha value is -5.32. The molecule has 0 spiro atoms. The van der Waals surface area contributed by atoms with Gasteiger partial charge in [-0.2, -0.15) is 5.10 Å². The average Bonchev–Trinajstić information content (AvgIpc) is 3.90. The highest BCUT2D eigenvalue weighted by Crippen LogP contribution is 2.49. The largest absolute Gasteiger partial charge is 0.491 e. The number of likely N-dealkylation sites (N-methyl/N-ethyl adjacent to an activating group) is 1. The first-order valence-electron chi connectivity index (χ1n) is 20.5. The fourth-order valence-corrected chi connectivity index (χ4v) is 8.51. The number of piperazine rings is 1. The SMILES string of the molecule is CCCCn1nccc1COc1ccccc1CC(Oc1ncnc2sc(-c3ccc(OCCOC)nc3)c(-c3ccc(OCCN4CCN(C)CC4)c(Cl)c3C)c12)C(=O)O. The van der Waals surface area contributed by atoms with Crippen molar-refractivity contribution in [2.45, 2.75) is 52.4 Å². The number of benzene rings is 2. The average molecular weight is 870 g/mol. The molecule has 5 heterocycles. The summed E-state index contributed by atoms with van der Waals surface area (Å²) in [6, 6.07) is 16.9. The van der Waals surface area contributed by atoms with Crippen molar-refractivity contribution in [3.05, 3.63) is 95.2 Å². The third kappa shape index (κ3) is 10.8. The van der Waals surface area contributed by atoms with Gasteiger partial charge in [-0.1, -0.05) is 49.2 Å². The van der Waals surface area contributed by atoms with Crippen molar-refractivity contribution >= 4 is 39.1 Å². The summed E-state index contributed by atoms with van der Waals surface area (Å²) in [5.41, 5.74) is 4.71. The molecule has 14 nitrogen and oxygen atoms in total. The lowest BCUT2D eigenvalue weighted by molar-refractivity contribution is -0.145. The second-order valence-electron chi connectivity index (χ2n) is 14.9. The molecule has 1 saturated heterocycles. The number of hydrogen-bond donors (Lipinski definition) is 1. The number of para-hydroxylation sites is 1. The molecule has 1 aliphatic rings. The van der Waals surface area contributed by atoms with E-state index in [1.54, 1.807) is 25.6 Å². The van der Waals surface area contributed by atoms with Gasteiger partial charge in [-0.05, 0) is 61.3 Å². The van der Waals surface area contributed by atoms with Gasteiger partial charge in [0.15, 0.2) is 0 Å². The molecule has 0 amide bonds. The highest BCUT2D eigenvalue weighted by atomic mass is 35.5.